The largest absolute Gasteiger partial charge is 0.382 e. The van der Waals surface area contributed by atoms with Crippen LogP contribution in [0.4, 0.5) is 9.52 Å². The Morgan fingerprint density at radius 1 is 1.48 bits per heavy atom. The van der Waals surface area contributed by atoms with Crippen molar-refractivity contribution in [1.82, 2.24) is 14.8 Å². The standard InChI is InChI=1S/C19H17ClFN5O2S/c1-3-26-10(2)11(8-22-26)15-9-29-19(23-15)24-18(27)16-7-14(25-28-16)17-12(20)5-4-6-13(17)21/h4-6,8-9,16H,3,7H2,1-2H3,(H,23,24,27). The van der Waals surface area contributed by atoms with Crippen molar-refractivity contribution in [2.24, 2.45) is 5.16 Å². The summed E-state index contributed by atoms with van der Waals surface area (Å²) >= 11 is 7.37. The highest BCUT2D eigenvalue weighted by Crippen LogP contribution is 2.29. The van der Waals surface area contributed by atoms with Gasteiger partial charge < -0.3 is 4.84 Å². The Morgan fingerprint density at radius 2 is 2.31 bits per heavy atom. The van der Waals surface area contributed by atoms with Gasteiger partial charge >= 0.3 is 0 Å². The summed E-state index contributed by atoms with van der Waals surface area (Å²) in [4.78, 5) is 22.2. The van der Waals surface area contributed by atoms with E-state index >= 15 is 0 Å². The van der Waals surface area contributed by atoms with Crippen molar-refractivity contribution in [3.63, 3.8) is 0 Å². The predicted octanol–water partition coefficient (Wildman–Crippen LogP) is 4.26. The Labute approximate surface area is 175 Å². The van der Waals surface area contributed by atoms with Crippen molar-refractivity contribution in [1.29, 1.82) is 0 Å². The average molecular weight is 434 g/mol. The third-order valence-electron chi connectivity index (χ3n) is 4.63. The molecule has 0 saturated carbocycles. The van der Waals surface area contributed by atoms with Crippen molar-refractivity contribution < 1.29 is 14.0 Å². The van der Waals surface area contributed by atoms with Crippen LogP contribution >= 0.6 is 22.9 Å². The number of hydrogen-bond donors (Lipinski definition) is 1. The molecule has 3 heterocycles. The number of oxime groups is 1. The molecule has 1 aromatic carbocycles. The maximum atomic E-state index is 14.1. The van der Waals surface area contributed by atoms with Crippen LogP contribution in [0.2, 0.25) is 5.02 Å². The molecule has 1 atom stereocenters. The highest BCUT2D eigenvalue weighted by Gasteiger charge is 2.31. The number of nitrogens with zero attached hydrogens (tertiary/aromatic N) is 4. The van der Waals surface area contributed by atoms with Gasteiger partial charge in [0.25, 0.3) is 5.91 Å². The summed E-state index contributed by atoms with van der Waals surface area (Å²) in [5.74, 6) is -0.911. The third-order valence-corrected chi connectivity index (χ3v) is 5.70. The molecule has 4 rings (SSSR count). The van der Waals surface area contributed by atoms with Crippen molar-refractivity contribution in [2.45, 2.75) is 32.9 Å². The predicted molar refractivity (Wildman–Crippen MR) is 110 cm³/mol. The number of thiazole rings is 1. The first-order chi connectivity index (χ1) is 14.0. The first-order valence-corrected chi connectivity index (χ1v) is 10.2. The van der Waals surface area contributed by atoms with Crippen LogP contribution in [-0.4, -0.2) is 32.5 Å². The monoisotopic (exact) mass is 433 g/mol. The molecule has 0 spiro atoms. The molecule has 0 bridgehead atoms. The number of halogens is 2. The van der Waals surface area contributed by atoms with Crippen LogP contribution in [0.15, 0.2) is 34.9 Å². The van der Waals surface area contributed by atoms with E-state index in [-0.39, 0.29) is 17.0 Å². The van der Waals surface area contributed by atoms with E-state index in [1.54, 1.807) is 12.3 Å². The van der Waals surface area contributed by atoms with Gasteiger partial charge in [0.2, 0.25) is 6.10 Å². The summed E-state index contributed by atoms with van der Waals surface area (Å²) in [6.07, 6.45) is 1.00. The second-order valence-corrected chi connectivity index (χ2v) is 7.68. The van der Waals surface area contributed by atoms with Crippen molar-refractivity contribution in [2.75, 3.05) is 5.32 Å². The summed E-state index contributed by atoms with van der Waals surface area (Å²) in [5.41, 5.74) is 3.13. The SMILES string of the molecule is CCn1ncc(-c2csc(NC(=O)C3CC(c4c(F)cccc4Cl)=NO3)n2)c1C. The maximum Gasteiger partial charge on any atom is 0.270 e. The zero-order valence-corrected chi connectivity index (χ0v) is 17.2. The first kappa shape index (κ1) is 19.5. The van der Waals surface area contributed by atoms with Gasteiger partial charge in [-0.25, -0.2) is 9.37 Å². The van der Waals surface area contributed by atoms with Gasteiger partial charge in [0.1, 0.15) is 5.82 Å². The Bertz CT molecular complexity index is 1090. The summed E-state index contributed by atoms with van der Waals surface area (Å²) < 4.78 is 15.9. The highest BCUT2D eigenvalue weighted by molar-refractivity contribution is 7.14. The van der Waals surface area contributed by atoms with Crippen LogP contribution in [0.5, 0.6) is 0 Å². The second-order valence-electron chi connectivity index (χ2n) is 6.42. The van der Waals surface area contributed by atoms with Gasteiger partial charge in [0.05, 0.1) is 28.2 Å². The number of hydrogen-bond acceptors (Lipinski definition) is 6. The van der Waals surface area contributed by atoms with E-state index in [9.17, 15) is 9.18 Å². The lowest BCUT2D eigenvalue weighted by Gasteiger charge is -2.07. The van der Waals surface area contributed by atoms with Gasteiger partial charge in [0, 0.05) is 29.6 Å². The van der Waals surface area contributed by atoms with Crippen LogP contribution < -0.4 is 5.32 Å². The van der Waals surface area contributed by atoms with E-state index in [0.717, 1.165) is 23.5 Å². The number of amides is 1. The molecule has 0 aliphatic carbocycles. The molecule has 150 valence electrons. The molecule has 29 heavy (non-hydrogen) atoms. The Kier molecular flexibility index (Phi) is 5.33. The normalized spacial score (nSPS) is 15.9. The van der Waals surface area contributed by atoms with E-state index in [2.05, 4.69) is 20.6 Å². The zero-order chi connectivity index (χ0) is 20.5. The Hall–Kier alpha value is -2.78. The third kappa shape index (κ3) is 3.75. The lowest BCUT2D eigenvalue weighted by Crippen LogP contribution is -2.28. The summed E-state index contributed by atoms with van der Waals surface area (Å²) in [6.45, 7) is 4.76. The van der Waals surface area contributed by atoms with Gasteiger partial charge in [-0.3, -0.25) is 14.8 Å². The van der Waals surface area contributed by atoms with Gasteiger partial charge in [-0.2, -0.15) is 5.10 Å². The molecular weight excluding hydrogens is 417 g/mol. The van der Waals surface area contributed by atoms with Crippen LogP contribution in [0.25, 0.3) is 11.3 Å². The molecule has 0 radical (unpaired) electrons. The van der Waals surface area contributed by atoms with Crippen LogP contribution in [0.3, 0.4) is 0 Å². The van der Waals surface area contributed by atoms with Crippen molar-refractivity contribution >= 4 is 39.7 Å². The number of nitrogens with one attached hydrogen (secondary N) is 1. The van der Waals surface area contributed by atoms with E-state index < -0.39 is 17.8 Å². The average Bonchev–Trinajstić information content (AvgIpc) is 3.41. The molecule has 0 saturated heterocycles. The van der Waals surface area contributed by atoms with Crippen molar-refractivity contribution in [3.05, 3.63) is 51.9 Å². The molecular formula is C19H17ClFN5O2S. The molecule has 1 aliphatic rings. The minimum Gasteiger partial charge on any atom is -0.382 e. The molecule has 0 fully saturated rings. The zero-order valence-electron chi connectivity index (χ0n) is 15.6. The molecule has 7 nitrogen and oxygen atoms in total. The number of carbonyl (C=O) groups excluding carboxylic acids is 1. The summed E-state index contributed by atoms with van der Waals surface area (Å²) in [7, 11) is 0. The minimum absolute atomic E-state index is 0.118. The fourth-order valence-corrected chi connectivity index (χ4v) is 4.08. The maximum absolute atomic E-state index is 14.1. The van der Waals surface area contributed by atoms with E-state index in [4.69, 9.17) is 16.4 Å². The lowest BCUT2D eigenvalue weighted by atomic mass is 10.0. The quantitative estimate of drug-likeness (QED) is 0.651. The molecule has 1 N–H and O–H groups in total. The number of anilines is 1. The van der Waals surface area contributed by atoms with Crippen LogP contribution in [0.1, 0.15) is 24.6 Å². The second kappa shape index (κ2) is 7.92. The lowest BCUT2D eigenvalue weighted by molar-refractivity contribution is -0.125. The van der Waals surface area contributed by atoms with Gasteiger partial charge in [-0.15, -0.1) is 11.3 Å². The van der Waals surface area contributed by atoms with Crippen molar-refractivity contribution in [3.8, 4) is 11.3 Å². The van der Waals surface area contributed by atoms with E-state index in [1.807, 2.05) is 23.9 Å². The Balaban J connectivity index is 1.43. The summed E-state index contributed by atoms with van der Waals surface area (Å²) in [6, 6.07) is 4.36. The van der Waals surface area contributed by atoms with Gasteiger partial charge in [0.15, 0.2) is 5.13 Å². The topological polar surface area (TPSA) is 81.4 Å². The molecule has 1 unspecified atom stereocenters. The number of aromatic nitrogens is 3. The number of carbonyl (C=O) groups is 1. The van der Waals surface area contributed by atoms with Gasteiger partial charge in [-0.05, 0) is 26.0 Å². The smallest absolute Gasteiger partial charge is 0.270 e. The Morgan fingerprint density at radius 3 is 3.03 bits per heavy atom. The number of aryl methyl sites for hydroxylation is 1. The van der Waals surface area contributed by atoms with E-state index in [1.165, 1.54) is 23.5 Å². The molecule has 2 aromatic heterocycles. The first-order valence-electron chi connectivity index (χ1n) is 8.94. The number of benzene rings is 1. The van der Waals surface area contributed by atoms with E-state index in [0.29, 0.717) is 10.8 Å². The van der Waals surface area contributed by atoms with Crippen LogP contribution in [0, 0.1) is 12.7 Å². The highest BCUT2D eigenvalue weighted by atomic mass is 35.5. The fourth-order valence-electron chi connectivity index (χ4n) is 3.10. The number of rotatable bonds is 5. The van der Waals surface area contributed by atoms with Crippen LogP contribution in [-0.2, 0) is 16.2 Å². The molecule has 1 amide bonds. The summed E-state index contributed by atoms with van der Waals surface area (Å²) in [5, 5.41) is 13.4. The fraction of sp³-hybridized carbons (Fsp3) is 0.263. The molecule has 3 aromatic rings. The van der Waals surface area contributed by atoms with Gasteiger partial charge in [-0.1, -0.05) is 22.8 Å². The molecule has 1 aliphatic heterocycles. The molecule has 10 heteroatoms. The minimum atomic E-state index is -0.877.